The van der Waals surface area contributed by atoms with Crippen molar-refractivity contribution in [1.29, 1.82) is 0 Å². The van der Waals surface area contributed by atoms with Crippen molar-refractivity contribution in [3.8, 4) is 0 Å². The first-order valence-corrected chi connectivity index (χ1v) is 12.4. The SMILES string of the molecule is CC.CCOC1(OCC)CCN(c2cc(C)n(C3CC4(CNC4)C3)n2)C2(CCC2)C1. The molecular formula is C24H42N4O2. The molecule has 2 spiro atoms. The number of hydrogen-bond donors (Lipinski definition) is 1. The molecule has 1 aromatic rings. The molecule has 0 atom stereocenters. The molecule has 2 aliphatic carbocycles. The van der Waals surface area contributed by atoms with Crippen molar-refractivity contribution in [2.45, 2.75) is 96.9 Å². The van der Waals surface area contributed by atoms with E-state index in [4.69, 9.17) is 14.6 Å². The highest BCUT2D eigenvalue weighted by Crippen LogP contribution is 2.53. The summed E-state index contributed by atoms with van der Waals surface area (Å²) in [6, 6.07) is 2.90. The lowest BCUT2D eigenvalue weighted by molar-refractivity contribution is -0.258. The van der Waals surface area contributed by atoms with Gasteiger partial charge in [-0.3, -0.25) is 4.68 Å². The van der Waals surface area contributed by atoms with Crippen LogP contribution in [0.2, 0.25) is 0 Å². The minimum absolute atomic E-state index is 0.160. The van der Waals surface area contributed by atoms with Crippen molar-refractivity contribution in [1.82, 2.24) is 15.1 Å². The number of ether oxygens (including phenoxy) is 2. The Hall–Kier alpha value is -1.11. The second kappa shape index (κ2) is 8.44. The molecule has 0 unspecified atom stereocenters. The first-order chi connectivity index (χ1) is 14.5. The van der Waals surface area contributed by atoms with Crippen LogP contribution >= 0.6 is 0 Å². The highest BCUT2D eigenvalue weighted by Gasteiger charge is 2.54. The Morgan fingerprint density at radius 2 is 1.77 bits per heavy atom. The monoisotopic (exact) mass is 418 g/mol. The fourth-order valence-electron chi connectivity index (χ4n) is 6.26. The van der Waals surface area contributed by atoms with Gasteiger partial charge in [0.25, 0.3) is 0 Å². The van der Waals surface area contributed by atoms with Crippen molar-refractivity contribution >= 4 is 5.82 Å². The molecule has 2 aliphatic heterocycles. The van der Waals surface area contributed by atoms with Crippen LogP contribution in [-0.2, 0) is 9.47 Å². The van der Waals surface area contributed by atoms with Crippen molar-refractivity contribution in [3.05, 3.63) is 11.8 Å². The van der Waals surface area contributed by atoms with Gasteiger partial charge in [-0.25, -0.2) is 0 Å². The highest BCUT2D eigenvalue weighted by molar-refractivity contribution is 5.46. The van der Waals surface area contributed by atoms with Crippen molar-refractivity contribution < 1.29 is 9.47 Å². The molecule has 1 N–H and O–H groups in total. The maximum atomic E-state index is 6.18. The number of aromatic nitrogens is 2. The summed E-state index contributed by atoms with van der Waals surface area (Å²) in [7, 11) is 0. The standard InChI is InChI=1S/C22H36N4O2.C2H6/c1-4-27-22(28-5-2)9-10-25(21(14-22)7-6-8-21)19-11-17(3)26(24-19)18-12-20(13-18)15-23-16-20;1-2/h11,18,23H,4-10,12-16H2,1-3H3;1-2H3. The van der Waals surface area contributed by atoms with E-state index in [1.165, 1.54) is 56.7 Å². The molecular weight excluding hydrogens is 376 g/mol. The molecule has 4 fully saturated rings. The lowest BCUT2D eigenvalue weighted by Crippen LogP contribution is -2.64. The fourth-order valence-corrected chi connectivity index (χ4v) is 6.26. The third-order valence-corrected chi connectivity index (χ3v) is 7.86. The van der Waals surface area contributed by atoms with E-state index in [0.29, 0.717) is 24.7 Å². The van der Waals surface area contributed by atoms with Gasteiger partial charge in [0.05, 0.1) is 6.04 Å². The van der Waals surface area contributed by atoms with E-state index >= 15 is 0 Å². The van der Waals surface area contributed by atoms with E-state index in [1.807, 2.05) is 13.8 Å². The third-order valence-electron chi connectivity index (χ3n) is 7.86. The van der Waals surface area contributed by atoms with Gasteiger partial charge in [-0.1, -0.05) is 13.8 Å². The molecule has 6 nitrogen and oxygen atoms in total. The van der Waals surface area contributed by atoms with Crippen LogP contribution in [0.4, 0.5) is 5.82 Å². The Bertz CT molecular complexity index is 709. The Kier molecular flexibility index (Phi) is 6.21. The number of rotatable bonds is 6. The van der Waals surface area contributed by atoms with E-state index in [0.717, 1.165) is 19.4 Å². The summed E-state index contributed by atoms with van der Waals surface area (Å²) in [5.74, 6) is 0.766. The van der Waals surface area contributed by atoms with Crippen LogP contribution in [0.5, 0.6) is 0 Å². The molecule has 3 heterocycles. The average molecular weight is 419 g/mol. The zero-order chi connectivity index (χ0) is 21.4. The maximum absolute atomic E-state index is 6.18. The number of piperidine rings is 1. The zero-order valence-electron chi connectivity index (χ0n) is 19.8. The summed E-state index contributed by atoms with van der Waals surface area (Å²) < 4.78 is 14.7. The normalized spacial score (nSPS) is 25.8. The van der Waals surface area contributed by atoms with Crippen molar-refractivity contribution in [3.63, 3.8) is 0 Å². The van der Waals surface area contributed by atoms with Crippen LogP contribution in [0.25, 0.3) is 0 Å². The van der Waals surface area contributed by atoms with Crippen molar-refractivity contribution in [2.24, 2.45) is 5.41 Å². The number of nitrogens with zero attached hydrogens (tertiary/aromatic N) is 3. The van der Waals surface area contributed by atoms with Crippen LogP contribution in [0.3, 0.4) is 0 Å². The van der Waals surface area contributed by atoms with Crippen LogP contribution in [0.15, 0.2) is 6.07 Å². The smallest absolute Gasteiger partial charge is 0.172 e. The molecule has 4 aliphatic rings. The zero-order valence-corrected chi connectivity index (χ0v) is 19.8. The van der Waals surface area contributed by atoms with Gasteiger partial charge in [0, 0.05) is 63.0 Å². The van der Waals surface area contributed by atoms with E-state index in [9.17, 15) is 0 Å². The molecule has 0 radical (unpaired) electrons. The molecule has 5 rings (SSSR count). The summed E-state index contributed by atoms with van der Waals surface area (Å²) in [4.78, 5) is 2.59. The van der Waals surface area contributed by atoms with Gasteiger partial charge >= 0.3 is 0 Å². The molecule has 2 saturated carbocycles. The molecule has 0 aromatic carbocycles. The number of aryl methyl sites for hydroxylation is 1. The van der Waals surface area contributed by atoms with Crippen LogP contribution in [-0.4, -0.2) is 54.0 Å². The second-order valence-corrected chi connectivity index (χ2v) is 9.69. The van der Waals surface area contributed by atoms with Gasteiger partial charge in [0.2, 0.25) is 0 Å². The largest absolute Gasteiger partial charge is 0.350 e. The van der Waals surface area contributed by atoms with Gasteiger partial charge in [-0.05, 0) is 58.3 Å². The van der Waals surface area contributed by atoms with Gasteiger partial charge < -0.3 is 19.7 Å². The molecule has 0 bridgehead atoms. The molecule has 0 amide bonds. The Morgan fingerprint density at radius 1 is 1.10 bits per heavy atom. The highest BCUT2D eigenvalue weighted by atomic mass is 16.7. The Morgan fingerprint density at radius 3 is 2.27 bits per heavy atom. The third kappa shape index (κ3) is 3.59. The summed E-state index contributed by atoms with van der Waals surface area (Å²) in [6.07, 6.45) is 8.18. The lowest BCUT2D eigenvalue weighted by atomic mass is 9.62. The lowest BCUT2D eigenvalue weighted by Gasteiger charge is -2.58. The van der Waals surface area contributed by atoms with Gasteiger partial charge in [-0.2, -0.15) is 5.10 Å². The average Bonchev–Trinajstić information content (AvgIpc) is 3.01. The minimum Gasteiger partial charge on any atom is -0.350 e. The van der Waals surface area contributed by atoms with Gasteiger partial charge in [0.1, 0.15) is 0 Å². The molecule has 6 heteroatoms. The predicted octanol–water partition coefficient (Wildman–Crippen LogP) is 4.43. The Labute approximate surface area is 182 Å². The van der Waals surface area contributed by atoms with Crippen molar-refractivity contribution in [2.75, 3.05) is 37.7 Å². The van der Waals surface area contributed by atoms with Crippen LogP contribution in [0, 0.1) is 12.3 Å². The summed E-state index contributed by atoms with van der Waals surface area (Å²) in [5.41, 5.74) is 2.05. The molecule has 30 heavy (non-hydrogen) atoms. The first-order valence-electron chi connectivity index (χ1n) is 12.4. The van der Waals surface area contributed by atoms with Gasteiger partial charge in [0.15, 0.2) is 11.6 Å². The van der Waals surface area contributed by atoms with Crippen LogP contribution < -0.4 is 10.2 Å². The van der Waals surface area contributed by atoms with Crippen LogP contribution in [0.1, 0.15) is 84.4 Å². The number of anilines is 1. The minimum atomic E-state index is -0.407. The summed E-state index contributed by atoms with van der Waals surface area (Å²) in [6.45, 7) is 15.2. The first kappa shape index (κ1) is 22.1. The topological polar surface area (TPSA) is 51.6 Å². The number of hydrogen-bond acceptors (Lipinski definition) is 5. The second-order valence-electron chi connectivity index (χ2n) is 9.69. The number of nitrogens with one attached hydrogen (secondary N) is 1. The van der Waals surface area contributed by atoms with E-state index in [-0.39, 0.29) is 5.54 Å². The molecule has 1 aromatic heterocycles. The van der Waals surface area contributed by atoms with Gasteiger partial charge in [-0.15, -0.1) is 0 Å². The quantitative estimate of drug-likeness (QED) is 0.693. The van der Waals surface area contributed by atoms with E-state index < -0.39 is 5.79 Å². The molecule has 170 valence electrons. The summed E-state index contributed by atoms with van der Waals surface area (Å²) >= 11 is 0. The predicted molar refractivity (Wildman–Crippen MR) is 121 cm³/mol. The summed E-state index contributed by atoms with van der Waals surface area (Å²) in [5, 5.41) is 8.58. The maximum Gasteiger partial charge on any atom is 0.172 e. The van der Waals surface area contributed by atoms with E-state index in [2.05, 4.69) is 41.7 Å². The fraction of sp³-hybridized carbons (Fsp3) is 0.875. The molecule has 2 saturated heterocycles. The van der Waals surface area contributed by atoms with E-state index in [1.54, 1.807) is 0 Å². The Balaban J connectivity index is 0.00000106.